The molecular weight excluding hydrogens is 404 g/mol. The topological polar surface area (TPSA) is 97.7 Å². The number of aromatic nitrogens is 1. The molecule has 0 saturated heterocycles. The number of aromatic carboxylic acids is 1. The Labute approximate surface area is 170 Å². The number of fused-ring (bicyclic) bond motifs is 1. The summed E-state index contributed by atoms with van der Waals surface area (Å²) in [5.74, 6) is -1.98. The van der Waals surface area contributed by atoms with Gasteiger partial charge in [0.2, 0.25) is 5.43 Å². The molecule has 0 amide bonds. The fourth-order valence-electron chi connectivity index (χ4n) is 3.31. The first-order valence-corrected chi connectivity index (χ1v) is 9.45. The minimum atomic E-state index is -1.44. The number of carbonyl (C=O) groups is 1. The lowest BCUT2D eigenvalue weighted by atomic mass is 9.99. The first kappa shape index (κ1) is 21.0. The highest BCUT2D eigenvalue weighted by Gasteiger charge is 2.40. The van der Waals surface area contributed by atoms with Gasteiger partial charge in [0.25, 0.3) is 0 Å². The van der Waals surface area contributed by atoms with Gasteiger partial charge in [-0.1, -0.05) is 18.5 Å². The van der Waals surface area contributed by atoms with Crippen molar-refractivity contribution < 1.29 is 18.7 Å². The predicted octanol–water partition coefficient (Wildman–Crippen LogP) is 3.82. The van der Waals surface area contributed by atoms with Crippen molar-refractivity contribution in [1.82, 2.24) is 4.57 Å². The van der Waals surface area contributed by atoms with Crippen molar-refractivity contribution in [2.45, 2.75) is 45.3 Å². The summed E-state index contributed by atoms with van der Waals surface area (Å²) in [5, 5.41) is 9.59. The molecule has 29 heavy (non-hydrogen) atoms. The number of alkyl halides is 1. The van der Waals surface area contributed by atoms with Crippen molar-refractivity contribution in [3.05, 3.63) is 55.8 Å². The summed E-state index contributed by atoms with van der Waals surface area (Å²) in [6.07, 6.45) is 2.20. The zero-order valence-corrected chi connectivity index (χ0v) is 16.6. The van der Waals surface area contributed by atoms with Gasteiger partial charge in [-0.05, 0) is 30.5 Å². The largest absolute Gasteiger partial charge is 0.477 e. The molecule has 1 saturated carbocycles. The Morgan fingerprint density at radius 3 is 2.72 bits per heavy atom. The van der Waals surface area contributed by atoms with Crippen LogP contribution in [0.5, 0.6) is 0 Å². The molecule has 3 N–H and O–H groups in total. The van der Waals surface area contributed by atoms with Crippen LogP contribution in [0.1, 0.15) is 47.3 Å². The normalized spacial score (nSPS) is 19.6. The molecule has 6 nitrogen and oxygen atoms in total. The molecule has 2 atom stereocenters. The van der Waals surface area contributed by atoms with Gasteiger partial charge < -0.3 is 15.4 Å². The Balaban J connectivity index is 2.17. The lowest BCUT2D eigenvalue weighted by molar-refractivity contribution is 0.0694. The van der Waals surface area contributed by atoms with Gasteiger partial charge in [0.1, 0.15) is 23.4 Å². The van der Waals surface area contributed by atoms with Gasteiger partial charge in [-0.2, -0.15) is 0 Å². The number of nitrogens with zero attached hydrogens (tertiary/aromatic N) is 2. The van der Waals surface area contributed by atoms with Crippen LogP contribution in [-0.2, 0) is 6.42 Å². The SMILES string of the molecule is CC/C(Cl)=C(N)\N=C/Cc1c(F)cc2c(=O)c(C(=O)O)cn([C@@H]3C[C@@H]3F)c2c1C. The summed E-state index contributed by atoms with van der Waals surface area (Å²) in [6, 6.07) is 0.425. The molecule has 154 valence electrons. The van der Waals surface area contributed by atoms with Crippen molar-refractivity contribution in [3.8, 4) is 0 Å². The summed E-state index contributed by atoms with van der Waals surface area (Å²) in [7, 11) is 0. The van der Waals surface area contributed by atoms with Gasteiger partial charge >= 0.3 is 5.97 Å². The number of aliphatic imine (C=N–C) groups is 1. The fraction of sp³-hybridized carbons (Fsp3) is 0.350. The molecule has 0 bridgehead atoms. The van der Waals surface area contributed by atoms with Gasteiger partial charge in [-0.3, -0.25) is 4.79 Å². The molecule has 0 radical (unpaired) electrons. The van der Waals surface area contributed by atoms with E-state index < -0.39 is 35.0 Å². The highest BCUT2D eigenvalue weighted by atomic mass is 35.5. The van der Waals surface area contributed by atoms with Crippen LogP contribution in [0.4, 0.5) is 8.78 Å². The molecule has 1 aromatic heterocycles. The highest BCUT2D eigenvalue weighted by Crippen LogP contribution is 2.41. The Hall–Kier alpha value is -2.74. The average molecular weight is 424 g/mol. The monoisotopic (exact) mass is 423 g/mol. The van der Waals surface area contributed by atoms with Gasteiger partial charge in [0, 0.05) is 30.6 Å². The number of aryl methyl sites for hydroxylation is 1. The summed E-state index contributed by atoms with van der Waals surface area (Å²) < 4.78 is 30.0. The van der Waals surface area contributed by atoms with Crippen LogP contribution in [0.15, 0.2) is 32.9 Å². The lowest BCUT2D eigenvalue weighted by Gasteiger charge is -2.16. The molecule has 2 aromatic rings. The Bertz CT molecular complexity index is 1120. The molecule has 1 aliphatic rings. The molecular formula is C20H20ClF2N3O3. The molecule has 1 heterocycles. The maximum atomic E-state index is 14.8. The molecule has 0 aliphatic heterocycles. The van der Waals surface area contributed by atoms with Crippen molar-refractivity contribution in [3.63, 3.8) is 0 Å². The van der Waals surface area contributed by atoms with Gasteiger partial charge in [-0.15, -0.1) is 0 Å². The van der Waals surface area contributed by atoms with E-state index in [1.165, 1.54) is 10.8 Å². The number of nitrogens with two attached hydrogens (primary N) is 1. The Morgan fingerprint density at radius 1 is 1.52 bits per heavy atom. The van der Waals surface area contributed by atoms with E-state index in [0.717, 1.165) is 12.3 Å². The Kier molecular flexibility index (Phi) is 5.75. The smallest absolute Gasteiger partial charge is 0.341 e. The third kappa shape index (κ3) is 3.89. The van der Waals surface area contributed by atoms with Crippen LogP contribution >= 0.6 is 11.6 Å². The number of carboxylic acids is 1. The summed E-state index contributed by atoms with van der Waals surface area (Å²) in [5.41, 5.74) is 5.41. The van der Waals surface area contributed by atoms with E-state index in [1.54, 1.807) is 6.92 Å². The van der Waals surface area contributed by atoms with Crippen molar-refractivity contribution in [1.29, 1.82) is 0 Å². The standard InChI is InChI=1S/C20H20ClF2N3O3/c1-3-13(21)19(24)25-5-4-10-9(2)17-11(6-14(10)22)18(27)12(20(28)29)8-26(17)16-7-15(16)23/h5-6,8,15-16H,3-4,7,24H2,1-2H3,(H,28,29)/b19-13+,25-5-/t15-,16+/m0/s1. The first-order valence-electron chi connectivity index (χ1n) is 9.08. The molecule has 3 rings (SSSR count). The predicted molar refractivity (Wildman–Crippen MR) is 108 cm³/mol. The van der Waals surface area contributed by atoms with E-state index in [-0.39, 0.29) is 29.6 Å². The second kappa shape index (κ2) is 7.94. The molecule has 9 heteroatoms. The third-order valence-electron chi connectivity index (χ3n) is 5.02. The first-order chi connectivity index (χ1) is 13.7. The number of carboxylic acid groups (broad SMARTS) is 1. The van der Waals surface area contributed by atoms with Crippen LogP contribution in [0.2, 0.25) is 0 Å². The second-order valence-electron chi connectivity index (χ2n) is 6.92. The number of benzene rings is 1. The number of pyridine rings is 1. The second-order valence-corrected chi connectivity index (χ2v) is 7.38. The van der Waals surface area contributed by atoms with E-state index in [2.05, 4.69) is 4.99 Å². The quantitative estimate of drug-likeness (QED) is 0.690. The van der Waals surface area contributed by atoms with Crippen LogP contribution in [0, 0.1) is 12.7 Å². The van der Waals surface area contributed by atoms with Crippen LogP contribution in [0.25, 0.3) is 10.9 Å². The highest BCUT2D eigenvalue weighted by molar-refractivity contribution is 6.29. The number of rotatable bonds is 6. The zero-order chi connectivity index (χ0) is 21.5. The van der Waals surface area contributed by atoms with E-state index in [4.69, 9.17) is 17.3 Å². The summed E-state index contributed by atoms with van der Waals surface area (Å²) in [4.78, 5) is 28.0. The maximum Gasteiger partial charge on any atom is 0.341 e. The van der Waals surface area contributed by atoms with Crippen LogP contribution in [-0.4, -0.2) is 28.0 Å². The summed E-state index contributed by atoms with van der Waals surface area (Å²) >= 11 is 5.92. The van der Waals surface area contributed by atoms with Crippen molar-refractivity contribution >= 4 is 34.7 Å². The van der Waals surface area contributed by atoms with Gasteiger partial charge in [-0.25, -0.2) is 18.6 Å². The molecule has 1 aromatic carbocycles. The average Bonchev–Trinajstić information content (AvgIpc) is 3.40. The van der Waals surface area contributed by atoms with E-state index in [9.17, 15) is 23.5 Å². The Morgan fingerprint density at radius 2 is 2.17 bits per heavy atom. The van der Waals surface area contributed by atoms with E-state index in [1.807, 2.05) is 6.92 Å². The zero-order valence-electron chi connectivity index (χ0n) is 15.9. The van der Waals surface area contributed by atoms with Crippen LogP contribution < -0.4 is 11.2 Å². The lowest BCUT2D eigenvalue weighted by Crippen LogP contribution is -2.20. The fourth-order valence-corrected chi connectivity index (χ4v) is 3.36. The van der Waals surface area contributed by atoms with Crippen molar-refractivity contribution in [2.75, 3.05) is 0 Å². The number of hydrogen-bond acceptors (Lipinski definition) is 4. The molecule has 0 unspecified atom stereocenters. The van der Waals surface area contributed by atoms with Gasteiger partial charge in [0.05, 0.1) is 16.6 Å². The number of halogens is 3. The molecule has 1 aliphatic carbocycles. The van der Waals surface area contributed by atoms with Crippen LogP contribution in [0.3, 0.4) is 0 Å². The molecule has 0 spiro atoms. The minimum Gasteiger partial charge on any atom is -0.477 e. The summed E-state index contributed by atoms with van der Waals surface area (Å²) in [6.45, 7) is 3.43. The van der Waals surface area contributed by atoms with E-state index in [0.29, 0.717) is 22.5 Å². The minimum absolute atomic E-state index is 0.0702. The number of hydrogen-bond donors (Lipinski definition) is 2. The van der Waals surface area contributed by atoms with Crippen molar-refractivity contribution in [2.24, 2.45) is 10.7 Å². The third-order valence-corrected chi connectivity index (χ3v) is 5.48. The number of allylic oxidation sites excluding steroid dienone is 1. The van der Waals surface area contributed by atoms with E-state index >= 15 is 0 Å². The maximum absolute atomic E-state index is 14.8. The molecule has 1 fully saturated rings. The van der Waals surface area contributed by atoms with Gasteiger partial charge in [0.15, 0.2) is 0 Å².